The number of hydrogen-bond acceptors (Lipinski definition) is 4. The van der Waals surface area contributed by atoms with E-state index in [-0.39, 0.29) is 16.9 Å². The summed E-state index contributed by atoms with van der Waals surface area (Å²) in [6.45, 7) is 2.57. The van der Waals surface area contributed by atoms with Crippen molar-refractivity contribution in [3.8, 4) is 0 Å². The SMILES string of the molecule is Cc1ccc(Cn2ccccc2=NC(=O)c2ccc(N)c([N+](=O)[O-])c2)cc1. The molecule has 3 rings (SSSR count). The third kappa shape index (κ3) is 4.27. The maximum absolute atomic E-state index is 12.5. The predicted molar refractivity (Wildman–Crippen MR) is 102 cm³/mol. The van der Waals surface area contributed by atoms with Gasteiger partial charge < -0.3 is 10.3 Å². The largest absolute Gasteiger partial charge is 0.393 e. The number of nitrogens with zero attached hydrogens (tertiary/aromatic N) is 3. The van der Waals surface area contributed by atoms with Crippen LogP contribution in [-0.2, 0) is 6.54 Å². The monoisotopic (exact) mass is 362 g/mol. The van der Waals surface area contributed by atoms with Gasteiger partial charge in [0.15, 0.2) is 0 Å². The van der Waals surface area contributed by atoms with E-state index in [1.165, 1.54) is 17.7 Å². The van der Waals surface area contributed by atoms with E-state index >= 15 is 0 Å². The van der Waals surface area contributed by atoms with Gasteiger partial charge in [-0.25, -0.2) is 0 Å². The third-order valence-corrected chi connectivity index (χ3v) is 4.08. The Hall–Kier alpha value is -3.74. The summed E-state index contributed by atoms with van der Waals surface area (Å²) in [6.07, 6.45) is 1.83. The average molecular weight is 362 g/mol. The molecule has 2 N–H and O–H groups in total. The number of benzene rings is 2. The Morgan fingerprint density at radius 3 is 2.59 bits per heavy atom. The highest BCUT2D eigenvalue weighted by Gasteiger charge is 2.15. The van der Waals surface area contributed by atoms with Crippen molar-refractivity contribution in [1.29, 1.82) is 0 Å². The van der Waals surface area contributed by atoms with E-state index in [9.17, 15) is 14.9 Å². The van der Waals surface area contributed by atoms with Crippen molar-refractivity contribution in [1.82, 2.24) is 4.57 Å². The van der Waals surface area contributed by atoms with Crippen LogP contribution >= 0.6 is 0 Å². The number of carbonyl (C=O) groups excluding carboxylic acids is 1. The quantitative estimate of drug-likeness (QED) is 0.437. The second-order valence-electron chi connectivity index (χ2n) is 6.12. The summed E-state index contributed by atoms with van der Waals surface area (Å²) in [6, 6.07) is 17.4. The summed E-state index contributed by atoms with van der Waals surface area (Å²) in [5, 5.41) is 11.0. The number of nitrogen functional groups attached to an aromatic ring is 1. The van der Waals surface area contributed by atoms with Crippen molar-refractivity contribution in [2.24, 2.45) is 4.99 Å². The maximum atomic E-state index is 12.5. The van der Waals surface area contributed by atoms with Gasteiger partial charge in [-0.05, 0) is 36.8 Å². The van der Waals surface area contributed by atoms with Crippen LogP contribution in [0.4, 0.5) is 11.4 Å². The standard InChI is InChI=1S/C20H18N4O3/c1-14-5-7-15(8-6-14)13-23-11-3-2-4-19(23)22-20(25)16-9-10-17(21)18(12-16)24(26)27/h2-12H,13,21H2,1H3. The Bertz CT molecular complexity index is 1070. The van der Waals surface area contributed by atoms with Crippen molar-refractivity contribution in [2.75, 3.05) is 5.73 Å². The molecule has 2 aromatic carbocycles. The summed E-state index contributed by atoms with van der Waals surface area (Å²) in [7, 11) is 0. The van der Waals surface area contributed by atoms with E-state index in [0.29, 0.717) is 12.0 Å². The summed E-state index contributed by atoms with van der Waals surface area (Å²) in [5.41, 5.74) is 8.09. The van der Waals surface area contributed by atoms with Gasteiger partial charge in [0.2, 0.25) is 0 Å². The molecule has 0 radical (unpaired) electrons. The zero-order chi connectivity index (χ0) is 19.4. The normalized spacial score (nSPS) is 11.4. The average Bonchev–Trinajstić information content (AvgIpc) is 2.65. The Balaban J connectivity index is 1.95. The second kappa shape index (κ2) is 7.65. The van der Waals surface area contributed by atoms with Gasteiger partial charge >= 0.3 is 0 Å². The molecule has 0 saturated heterocycles. The number of anilines is 1. The van der Waals surface area contributed by atoms with Gasteiger partial charge in [-0.1, -0.05) is 35.9 Å². The molecule has 0 aliphatic heterocycles. The fraction of sp³-hybridized carbons (Fsp3) is 0.100. The highest BCUT2D eigenvalue weighted by atomic mass is 16.6. The van der Waals surface area contributed by atoms with E-state index in [1.54, 1.807) is 12.1 Å². The number of nitrogens with two attached hydrogens (primary N) is 1. The molecule has 1 heterocycles. The molecular weight excluding hydrogens is 344 g/mol. The molecule has 27 heavy (non-hydrogen) atoms. The number of amides is 1. The van der Waals surface area contributed by atoms with E-state index in [2.05, 4.69) is 4.99 Å². The predicted octanol–water partition coefficient (Wildman–Crippen LogP) is 3.08. The number of aryl methyl sites for hydroxylation is 1. The maximum Gasteiger partial charge on any atom is 0.292 e. The van der Waals surface area contributed by atoms with Gasteiger partial charge in [-0.3, -0.25) is 14.9 Å². The summed E-state index contributed by atoms with van der Waals surface area (Å²) >= 11 is 0. The zero-order valence-electron chi connectivity index (χ0n) is 14.7. The molecule has 0 unspecified atom stereocenters. The minimum Gasteiger partial charge on any atom is -0.393 e. The number of hydrogen-bond donors (Lipinski definition) is 1. The lowest BCUT2D eigenvalue weighted by Crippen LogP contribution is -2.22. The third-order valence-electron chi connectivity index (χ3n) is 4.08. The lowest BCUT2D eigenvalue weighted by Gasteiger charge is -2.08. The number of carbonyl (C=O) groups is 1. The van der Waals surface area contributed by atoms with Gasteiger partial charge in [0, 0.05) is 24.4 Å². The minimum absolute atomic E-state index is 0.00527. The molecule has 0 atom stereocenters. The van der Waals surface area contributed by atoms with Crippen LogP contribution in [0.2, 0.25) is 0 Å². The molecule has 0 saturated carbocycles. The Labute approximate surface area is 155 Å². The van der Waals surface area contributed by atoms with E-state index in [1.807, 2.05) is 48.0 Å². The first-order chi connectivity index (χ1) is 12.9. The lowest BCUT2D eigenvalue weighted by atomic mass is 10.1. The Morgan fingerprint density at radius 2 is 1.89 bits per heavy atom. The molecule has 1 aromatic heterocycles. The molecular formula is C20H18N4O3. The van der Waals surface area contributed by atoms with Crippen molar-refractivity contribution < 1.29 is 9.72 Å². The summed E-state index contributed by atoms with van der Waals surface area (Å²) in [4.78, 5) is 27.0. The highest BCUT2D eigenvalue weighted by Crippen LogP contribution is 2.22. The van der Waals surface area contributed by atoms with Crippen LogP contribution in [0, 0.1) is 17.0 Å². The first-order valence-electron chi connectivity index (χ1n) is 8.28. The van der Waals surface area contributed by atoms with Crippen LogP contribution in [0.3, 0.4) is 0 Å². The molecule has 7 heteroatoms. The number of rotatable bonds is 4. The van der Waals surface area contributed by atoms with Crippen molar-refractivity contribution in [2.45, 2.75) is 13.5 Å². The van der Waals surface area contributed by atoms with E-state index in [4.69, 9.17) is 5.73 Å². The summed E-state index contributed by atoms with van der Waals surface area (Å²) < 4.78 is 1.84. The zero-order valence-corrected chi connectivity index (χ0v) is 14.7. The van der Waals surface area contributed by atoms with Crippen LogP contribution in [0.15, 0.2) is 71.9 Å². The lowest BCUT2D eigenvalue weighted by molar-refractivity contribution is -0.383. The molecule has 0 bridgehead atoms. The molecule has 7 nitrogen and oxygen atoms in total. The molecule has 0 spiro atoms. The van der Waals surface area contributed by atoms with Crippen LogP contribution in [0.5, 0.6) is 0 Å². The van der Waals surface area contributed by atoms with E-state index in [0.717, 1.165) is 11.6 Å². The van der Waals surface area contributed by atoms with Crippen molar-refractivity contribution >= 4 is 17.3 Å². The van der Waals surface area contributed by atoms with Crippen molar-refractivity contribution in [3.63, 3.8) is 0 Å². The molecule has 0 aliphatic carbocycles. The smallest absolute Gasteiger partial charge is 0.292 e. The molecule has 136 valence electrons. The topological polar surface area (TPSA) is 104 Å². The highest BCUT2D eigenvalue weighted by molar-refractivity contribution is 5.96. The van der Waals surface area contributed by atoms with Crippen LogP contribution in [0.25, 0.3) is 0 Å². The van der Waals surface area contributed by atoms with Crippen molar-refractivity contribution in [3.05, 3.63) is 99.2 Å². The van der Waals surface area contributed by atoms with Crippen LogP contribution < -0.4 is 11.2 Å². The van der Waals surface area contributed by atoms with Gasteiger partial charge in [-0.2, -0.15) is 4.99 Å². The molecule has 1 amide bonds. The Kier molecular flexibility index (Phi) is 5.12. The first kappa shape index (κ1) is 18.1. The number of nitro groups is 1. The molecule has 0 fully saturated rings. The van der Waals surface area contributed by atoms with E-state index < -0.39 is 10.8 Å². The van der Waals surface area contributed by atoms with Crippen LogP contribution in [-0.4, -0.2) is 15.4 Å². The van der Waals surface area contributed by atoms with Gasteiger partial charge in [-0.15, -0.1) is 0 Å². The van der Waals surface area contributed by atoms with Gasteiger partial charge in [0.25, 0.3) is 11.6 Å². The van der Waals surface area contributed by atoms with Gasteiger partial charge in [0.05, 0.1) is 4.92 Å². The fourth-order valence-electron chi connectivity index (χ4n) is 2.60. The fourth-order valence-corrected chi connectivity index (χ4v) is 2.60. The van der Waals surface area contributed by atoms with Gasteiger partial charge in [0.1, 0.15) is 11.2 Å². The molecule has 3 aromatic rings. The number of aromatic nitrogens is 1. The minimum atomic E-state index is -0.619. The second-order valence-corrected chi connectivity index (χ2v) is 6.12. The molecule has 0 aliphatic rings. The Morgan fingerprint density at radius 1 is 1.15 bits per heavy atom. The van der Waals surface area contributed by atoms with Crippen LogP contribution in [0.1, 0.15) is 21.5 Å². The summed E-state index contributed by atoms with van der Waals surface area (Å²) in [5.74, 6) is -0.568. The first-order valence-corrected chi connectivity index (χ1v) is 8.28. The number of nitro benzene ring substituents is 1. The number of pyridine rings is 1.